The first-order valence-corrected chi connectivity index (χ1v) is 11.5. The van der Waals surface area contributed by atoms with Crippen molar-refractivity contribution < 1.29 is 19.4 Å². The summed E-state index contributed by atoms with van der Waals surface area (Å²) in [6, 6.07) is 23.3. The van der Waals surface area contributed by atoms with Crippen LogP contribution in [0, 0.1) is 5.92 Å². The van der Waals surface area contributed by atoms with Gasteiger partial charge in [-0.2, -0.15) is 0 Å². The number of ether oxygens (including phenoxy) is 2. The summed E-state index contributed by atoms with van der Waals surface area (Å²) in [4.78, 5) is 14.0. The van der Waals surface area contributed by atoms with Gasteiger partial charge in [0.1, 0.15) is 18.1 Å². The van der Waals surface area contributed by atoms with Crippen molar-refractivity contribution in [2.45, 2.75) is 25.5 Å². The maximum Gasteiger partial charge on any atom is 0.307 e. The van der Waals surface area contributed by atoms with E-state index in [4.69, 9.17) is 21.1 Å². The minimum atomic E-state index is -0.759. The molecule has 4 rings (SSSR count). The van der Waals surface area contributed by atoms with Crippen LogP contribution in [0.15, 0.2) is 72.8 Å². The minimum Gasteiger partial charge on any atom is -0.496 e. The molecule has 1 fully saturated rings. The van der Waals surface area contributed by atoms with E-state index in [1.807, 2.05) is 66.7 Å². The highest BCUT2D eigenvalue weighted by Gasteiger charge is 2.34. The number of halogens is 1. The van der Waals surface area contributed by atoms with Crippen LogP contribution in [0.25, 0.3) is 0 Å². The molecular weight excluding hydrogens is 438 g/mol. The van der Waals surface area contributed by atoms with Gasteiger partial charge in [-0.05, 0) is 49.2 Å². The van der Waals surface area contributed by atoms with Gasteiger partial charge in [0.25, 0.3) is 0 Å². The lowest BCUT2D eigenvalue weighted by Crippen LogP contribution is -2.41. The third-order valence-electron chi connectivity index (χ3n) is 6.10. The average Bonchev–Trinajstić information content (AvgIpc) is 2.84. The number of hydrogen-bond acceptors (Lipinski definition) is 4. The van der Waals surface area contributed by atoms with Crippen LogP contribution in [-0.2, 0) is 11.4 Å². The van der Waals surface area contributed by atoms with Crippen molar-refractivity contribution in [1.82, 2.24) is 4.90 Å². The summed E-state index contributed by atoms with van der Waals surface area (Å²) in [6.07, 6.45) is 1.49. The zero-order chi connectivity index (χ0) is 23.2. The van der Waals surface area contributed by atoms with E-state index in [1.54, 1.807) is 13.2 Å². The van der Waals surface area contributed by atoms with E-state index in [0.717, 1.165) is 35.4 Å². The third kappa shape index (κ3) is 5.49. The molecule has 0 radical (unpaired) electrons. The first-order valence-electron chi connectivity index (χ1n) is 11.1. The zero-order valence-electron chi connectivity index (χ0n) is 18.6. The van der Waals surface area contributed by atoms with Crippen molar-refractivity contribution in [2.75, 3.05) is 20.2 Å². The van der Waals surface area contributed by atoms with Gasteiger partial charge in [0.15, 0.2) is 0 Å². The molecule has 33 heavy (non-hydrogen) atoms. The van der Waals surface area contributed by atoms with Gasteiger partial charge in [0, 0.05) is 22.7 Å². The van der Waals surface area contributed by atoms with Crippen LogP contribution in [0.1, 0.15) is 35.6 Å². The number of methoxy groups -OCH3 is 1. The average molecular weight is 466 g/mol. The molecule has 0 aliphatic carbocycles. The van der Waals surface area contributed by atoms with Crippen molar-refractivity contribution in [2.24, 2.45) is 5.92 Å². The maximum absolute atomic E-state index is 11.8. The van der Waals surface area contributed by atoms with Crippen LogP contribution in [0.2, 0.25) is 5.02 Å². The van der Waals surface area contributed by atoms with Gasteiger partial charge in [-0.3, -0.25) is 9.69 Å². The van der Waals surface area contributed by atoms with Crippen molar-refractivity contribution in [1.29, 1.82) is 0 Å². The number of carbonyl (C=O) groups is 1. The SMILES string of the molecule is COc1ccc(Cl)cc1C(c1ccccc1OCc1ccccc1)N1CCCC(C(=O)O)C1. The zero-order valence-corrected chi connectivity index (χ0v) is 19.4. The second-order valence-corrected chi connectivity index (χ2v) is 8.71. The van der Waals surface area contributed by atoms with Gasteiger partial charge in [-0.1, -0.05) is 60.1 Å². The number of benzene rings is 3. The number of carboxylic acids is 1. The molecule has 1 N–H and O–H groups in total. The van der Waals surface area contributed by atoms with Gasteiger partial charge in [0.2, 0.25) is 0 Å². The summed E-state index contributed by atoms with van der Waals surface area (Å²) in [6.45, 7) is 1.66. The summed E-state index contributed by atoms with van der Waals surface area (Å²) in [5, 5.41) is 10.3. The van der Waals surface area contributed by atoms with Crippen molar-refractivity contribution in [3.63, 3.8) is 0 Å². The fourth-order valence-electron chi connectivity index (χ4n) is 4.50. The van der Waals surface area contributed by atoms with E-state index in [9.17, 15) is 9.90 Å². The number of hydrogen-bond donors (Lipinski definition) is 1. The molecule has 1 saturated heterocycles. The molecule has 1 aliphatic heterocycles. The van der Waals surface area contributed by atoms with Crippen LogP contribution >= 0.6 is 11.6 Å². The summed E-state index contributed by atoms with van der Waals surface area (Å²) >= 11 is 6.40. The smallest absolute Gasteiger partial charge is 0.307 e. The number of para-hydroxylation sites is 1. The number of nitrogens with zero attached hydrogens (tertiary/aromatic N) is 1. The predicted octanol–water partition coefficient (Wildman–Crippen LogP) is 5.81. The van der Waals surface area contributed by atoms with Gasteiger partial charge in [-0.15, -0.1) is 0 Å². The first-order chi connectivity index (χ1) is 16.1. The number of piperidine rings is 1. The second-order valence-electron chi connectivity index (χ2n) is 8.27. The molecule has 172 valence electrons. The van der Waals surface area contributed by atoms with E-state index in [2.05, 4.69) is 4.90 Å². The molecule has 1 aliphatic rings. The second kappa shape index (κ2) is 10.7. The van der Waals surface area contributed by atoms with Crippen LogP contribution in [-0.4, -0.2) is 36.2 Å². The minimum absolute atomic E-state index is 0.257. The Kier molecular flexibility index (Phi) is 7.53. The molecule has 0 aromatic heterocycles. The molecule has 5 nitrogen and oxygen atoms in total. The Morgan fingerprint density at radius 2 is 1.82 bits per heavy atom. The highest BCUT2D eigenvalue weighted by molar-refractivity contribution is 6.30. The van der Waals surface area contributed by atoms with Crippen molar-refractivity contribution in [3.8, 4) is 11.5 Å². The molecule has 2 atom stereocenters. The Hall–Kier alpha value is -3.02. The molecule has 1 heterocycles. The summed E-state index contributed by atoms with van der Waals surface area (Å²) in [7, 11) is 1.64. The third-order valence-corrected chi connectivity index (χ3v) is 6.34. The monoisotopic (exact) mass is 465 g/mol. The van der Waals surface area contributed by atoms with E-state index in [0.29, 0.717) is 30.3 Å². The molecule has 3 aromatic carbocycles. The van der Waals surface area contributed by atoms with Crippen molar-refractivity contribution >= 4 is 17.6 Å². The summed E-state index contributed by atoms with van der Waals surface area (Å²) in [5.41, 5.74) is 2.93. The fourth-order valence-corrected chi connectivity index (χ4v) is 4.68. The van der Waals surface area contributed by atoms with Gasteiger partial charge >= 0.3 is 5.97 Å². The van der Waals surface area contributed by atoms with Gasteiger partial charge in [0.05, 0.1) is 19.1 Å². The van der Waals surface area contributed by atoms with E-state index >= 15 is 0 Å². The van der Waals surface area contributed by atoms with Crippen LogP contribution < -0.4 is 9.47 Å². The normalized spacial score (nSPS) is 17.3. The van der Waals surface area contributed by atoms with Crippen LogP contribution in [0.5, 0.6) is 11.5 Å². The summed E-state index contributed by atoms with van der Waals surface area (Å²) in [5.74, 6) is 0.291. The molecule has 0 amide bonds. The predicted molar refractivity (Wildman–Crippen MR) is 129 cm³/mol. The molecule has 3 aromatic rings. The largest absolute Gasteiger partial charge is 0.496 e. The molecular formula is C27H28ClNO4. The molecule has 0 saturated carbocycles. The molecule has 6 heteroatoms. The molecule has 2 unspecified atom stereocenters. The number of rotatable bonds is 8. The van der Waals surface area contributed by atoms with E-state index < -0.39 is 11.9 Å². The maximum atomic E-state index is 11.8. The lowest BCUT2D eigenvalue weighted by molar-refractivity contribution is -0.143. The number of aliphatic carboxylic acids is 1. The highest BCUT2D eigenvalue weighted by atomic mass is 35.5. The van der Waals surface area contributed by atoms with Crippen molar-refractivity contribution in [3.05, 3.63) is 94.5 Å². The van der Waals surface area contributed by atoms with E-state index in [-0.39, 0.29) is 6.04 Å². The van der Waals surface area contributed by atoms with Crippen LogP contribution in [0.4, 0.5) is 0 Å². The topological polar surface area (TPSA) is 59.0 Å². The first kappa shape index (κ1) is 23.1. The quantitative estimate of drug-likeness (QED) is 0.454. The summed E-state index contributed by atoms with van der Waals surface area (Å²) < 4.78 is 12.0. The lowest BCUT2D eigenvalue weighted by Gasteiger charge is -2.38. The van der Waals surface area contributed by atoms with E-state index in [1.165, 1.54) is 0 Å². The molecule has 0 bridgehead atoms. The Bertz CT molecular complexity index is 1090. The molecule has 0 spiro atoms. The number of carboxylic acid groups (broad SMARTS) is 1. The standard InChI is InChI=1S/C27H28ClNO4/c1-32-24-14-13-21(28)16-23(24)26(29-15-7-10-20(17-29)27(30)31)22-11-5-6-12-25(22)33-18-19-8-3-2-4-9-19/h2-6,8-9,11-14,16,20,26H,7,10,15,17-18H2,1H3,(H,30,31). The fraction of sp³-hybridized carbons (Fsp3) is 0.296. The number of likely N-dealkylation sites (tertiary alicyclic amines) is 1. The Balaban J connectivity index is 1.76. The van der Waals surface area contributed by atoms with Gasteiger partial charge in [-0.25, -0.2) is 0 Å². The van der Waals surface area contributed by atoms with Gasteiger partial charge < -0.3 is 14.6 Å². The Morgan fingerprint density at radius 3 is 2.58 bits per heavy atom. The Morgan fingerprint density at radius 1 is 1.06 bits per heavy atom. The van der Waals surface area contributed by atoms with Crippen LogP contribution in [0.3, 0.4) is 0 Å². The highest BCUT2D eigenvalue weighted by Crippen LogP contribution is 2.41. The lowest BCUT2D eigenvalue weighted by atomic mass is 9.90. The Labute approximate surface area is 199 Å².